The maximum absolute atomic E-state index is 14.0. The fourth-order valence-electron chi connectivity index (χ4n) is 4.32. The standard InChI is InChI=1S/C19H23F2N3O5/c1-9-8-29-14-7-23-6-12(16(25)17(26)15(23)19(28)24(9)14)18(27)22-5-10-2-3-11(20)4-13(10)21/h6,9-11,13-14,26H,2-5,7-8H2,1H3,(H,22,27)/t9-,10?,11?,13?,14+/m0/s1. The number of carbonyl (C=O) groups is 2. The number of pyridine rings is 1. The SMILES string of the molecule is C[C@H]1CO[C@@H]2Cn3cc(C(=O)NCC4CCC(F)CC4F)c(=O)c(O)c3C(=O)N12. The van der Waals surface area contributed by atoms with Crippen molar-refractivity contribution in [1.82, 2.24) is 14.8 Å². The summed E-state index contributed by atoms with van der Waals surface area (Å²) in [5.41, 5.74) is -1.48. The topological polar surface area (TPSA) is 101 Å². The van der Waals surface area contributed by atoms with E-state index in [1.807, 2.05) is 0 Å². The lowest BCUT2D eigenvalue weighted by Crippen LogP contribution is -2.49. The van der Waals surface area contributed by atoms with Crippen molar-refractivity contribution in [3.05, 3.63) is 27.7 Å². The van der Waals surface area contributed by atoms with E-state index in [1.54, 1.807) is 6.92 Å². The predicted octanol–water partition coefficient (Wildman–Crippen LogP) is 0.961. The maximum atomic E-state index is 14.0. The fourth-order valence-corrected chi connectivity index (χ4v) is 4.32. The van der Waals surface area contributed by atoms with E-state index in [1.165, 1.54) is 15.7 Å². The third kappa shape index (κ3) is 3.39. The van der Waals surface area contributed by atoms with Gasteiger partial charge >= 0.3 is 0 Å². The lowest BCUT2D eigenvalue weighted by Gasteiger charge is -2.33. The van der Waals surface area contributed by atoms with E-state index < -0.39 is 47.5 Å². The predicted molar refractivity (Wildman–Crippen MR) is 97.2 cm³/mol. The van der Waals surface area contributed by atoms with Crippen LogP contribution in [0.2, 0.25) is 0 Å². The van der Waals surface area contributed by atoms with E-state index in [-0.39, 0.29) is 43.2 Å². The van der Waals surface area contributed by atoms with E-state index in [9.17, 15) is 28.3 Å². The molecule has 1 aromatic heterocycles. The Morgan fingerprint density at radius 2 is 2.10 bits per heavy atom. The van der Waals surface area contributed by atoms with Gasteiger partial charge in [-0.2, -0.15) is 0 Å². The Hall–Kier alpha value is -2.49. The lowest BCUT2D eigenvalue weighted by molar-refractivity contribution is 0.00623. The number of aromatic nitrogens is 1. The molecule has 1 aromatic rings. The molecule has 1 saturated carbocycles. The van der Waals surface area contributed by atoms with Gasteiger partial charge in [0.2, 0.25) is 5.43 Å². The second kappa shape index (κ2) is 7.40. The number of alkyl halides is 2. The fraction of sp³-hybridized carbons (Fsp3) is 0.632. The minimum absolute atomic E-state index is 0.0371. The summed E-state index contributed by atoms with van der Waals surface area (Å²) in [7, 11) is 0. The lowest BCUT2D eigenvalue weighted by atomic mass is 9.86. The molecule has 8 nitrogen and oxygen atoms in total. The van der Waals surface area contributed by atoms with Crippen LogP contribution in [0.1, 0.15) is 47.0 Å². The van der Waals surface area contributed by atoms with Crippen molar-refractivity contribution >= 4 is 11.8 Å². The molecule has 2 N–H and O–H groups in total. The van der Waals surface area contributed by atoms with Crippen LogP contribution in [0.15, 0.2) is 11.0 Å². The van der Waals surface area contributed by atoms with Crippen LogP contribution in [-0.2, 0) is 11.3 Å². The molecule has 2 aliphatic heterocycles. The second-order valence-corrected chi connectivity index (χ2v) is 7.97. The van der Waals surface area contributed by atoms with Crippen LogP contribution in [0, 0.1) is 5.92 Å². The molecule has 0 aromatic carbocycles. The molecule has 158 valence electrons. The highest BCUT2D eigenvalue weighted by Gasteiger charge is 2.43. The normalized spacial score (nSPS) is 31.3. The molecule has 29 heavy (non-hydrogen) atoms. The Morgan fingerprint density at radius 3 is 2.83 bits per heavy atom. The monoisotopic (exact) mass is 411 g/mol. The van der Waals surface area contributed by atoms with Crippen LogP contribution >= 0.6 is 0 Å². The number of ether oxygens (including phenoxy) is 1. The van der Waals surface area contributed by atoms with Crippen molar-refractivity contribution < 1.29 is 28.2 Å². The number of fused-ring (bicyclic) bond motifs is 2. The number of nitrogens with one attached hydrogen (secondary N) is 1. The van der Waals surface area contributed by atoms with Gasteiger partial charge in [0.25, 0.3) is 11.8 Å². The molecule has 0 spiro atoms. The van der Waals surface area contributed by atoms with E-state index in [4.69, 9.17) is 4.74 Å². The third-order valence-corrected chi connectivity index (χ3v) is 5.97. The van der Waals surface area contributed by atoms with Crippen molar-refractivity contribution in [3.8, 4) is 5.75 Å². The molecular formula is C19H23F2N3O5. The summed E-state index contributed by atoms with van der Waals surface area (Å²) in [6, 6.07) is -0.188. The van der Waals surface area contributed by atoms with Gasteiger partial charge < -0.3 is 24.6 Å². The molecular weight excluding hydrogens is 388 g/mol. The Kier molecular flexibility index (Phi) is 5.05. The van der Waals surface area contributed by atoms with Crippen LogP contribution in [0.25, 0.3) is 0 Å². The molecule has 2 fully saturated rings. The highest BCUT2D eigenvalue weighted by atomic mass is 19.1. The summed E-state index contributed by atoms with van der Waals surface area (Å²) in [5.74, 6) is -2.62. The smallest absolute Gasteiger partial charge is 0.276 e. The van der Waals surface area contributed by atoms with Gasteiger partial charge in [-0.15, -0.1) is 0 Å². The van der Waals surface area contributed by atoms with Crippen LogP contribution < -0.4 is 10.7 Å². The van der Waals surface area contributed by atoms with Gasteiger partial charge in [-0.05, 0) is 19.8 Å². The van der Waals surface area contributed by atoms with Gasteiger partial charge in [-0.1, -0.05) is 0 Å². The molecule has 0 radical (unpaired) electrons. The van der Waals surface area contributed by atoms with Crippen molar-refractivity contribution in [1.29, 1.82) is 0 Å². The number of hydrogen-bond acceptors (Lipinski definition) is 5. The number of aromatic hydroxyl groups is 1. The minimum Gasteiger partial charge on any atom is -0.503 e. The van der Waals surface area contributed by atoms with Crippen LogP contribution in [0.3, 0.4) is 0 Å². The highest BCUT2D eigenvalue weighted by molar-refractivity contribution is 5.99. The summed E-state index contributed by atoms with van der Waals surface area (Å²) in [5, 5.41) is 12.8. The molecule has 3 aliphatic rings. The molecule has 5 atom stereocenters. The summed E-state index contributed by atoms with van der Waals surface area (Å²) in [4.78, 5) is 39.2. The molecule has 10 heteroatoms. The number of halogens is 2. The first kappa shape index (κ1) is 19.8. The zero-order valence-electron chi connectivity index (χ0n) is 15.9. The zero-order chi connectivity index (χ0) is 20.9. The summed E-state index contributed by atoms with van der Waals surface area (Å²) >= 11 is 0. The molecule has 1 aliphatic carbocycles. The Labute approximate surface area is 165 Å². The van der Waals surface area contributed by atoms with Gasteiger partial charge in [0.15, 0.2) is 17.7 Å². The largest absolute Gasteiger partial charge is 0.503 e. The molecule has 3 heterocycles. The molecule has 4 rings (SSSR count). The average molecular weight is 411 g/mol. The van der Waals surface area contributed by atoms with Crippen molar-refractivity contribution in [2.45, 2.75) is 57.3 Å². The second-order valence-electron chi connectivity index (χ2n) is 7.97. The first-order chi connectivity index (χ1) is 13.8. The van der Waals surface area contributed by atoms with Crippen LogP contribution in [-0.4, -0.2) is 64.2 Å². The molecule has 2 amide bonds. The van der Waals surface area contributed by atoms with Gasteiger partial charge in [0.1, 0.15) is 17.9 Å². The molecule has 3 unspecified atom stereocenters. The van der Waals surface area contributed by atoms with E-state index in [2.05, 4.69) is 5.32 Å². The quantitative estimate of drug-likeness (QED) is 0.772. The number of nitrogens with zero attached hydrogens (tertiary/aromatic N) is 2. The Balaban J connectivity index is 1.55. The maximum Gasteiger partial charge on any atom is 0.276 e. The van der Waals surface area contributed by atoms with E-state index in [0.29, 0.717) is 13.0 Å². The van der Waals surface area contributed by atoms with Gasteiger partial charge in [-0.3, -0.25) is 14.4 Å². The van der Waals surface area contributed by atoms with Gasteiger partial charge in [0.05, 0.1) is 19.2 Å². The Morgan fingerprint density at radius 1 is 1.34 bits per heavy atom. The summed E-state index contributed by atoms with van der Waals surface area (Å²) in [6.07, 6.45) is -1.49. The number of amides is 2. The summed E-state index contributed by atoms with van der Waals surface area (Å²) < 4.78 is 34.1. The molecule has 0 bridgehead atoms. The van der Waals surface area contributed by atoms with Gasteiger partial charge in [-0.25, -0.2) is 8.78 Å². The third-order valence-electron chi connectivity index (χ3n) is 5.97. The average Bonchev–Trinajstić information content (AvgIpc) is 3.04. The van der Waals surface area contributed by atoms with Crippen LogP contribution in [0.4, 0.5) is 8.78 Å². The van der Waals surface area contributed by atoms with Crippen molar-refractivity contribution in [3.63, 3.8) is 0 Å². The number of rotatable bonds is 3. The highest BCUT2D eigenvalue weighted by Crippen LogP contribution is 2.30. The van der Waals surface area contributed by atoms with Crippen LogP contribution in [0.5, 0.6) is 5.75 Å². The zero-order valence-corrected chi connectivity index (χ0v) is 15.9. The van der Waals surface area contributed by atoms with Crippen molar-refractivity contribution in [2.75, 3.05) is 13.2 Å². The minimum atomic E-state index is -1.36. The van der Waals surface area contributed by atoms with Gasteiger partial charge in [0, 0.05) is 25.1 Å². The van der Waals surface area contributed by atoms with Crippen molar-refractivity contribution in [2.24, 2.45) is 5.92 Å². The first-order valence-corrected chi connectivity index (χ1v) is 9.75. The first-order valence-electron chi connectivity index (χ1n) is 9.75. The Bertz CT molecular complexity index is 905. The summed E-state index contributed by atoms with van der Waals surface area (Å²) in [6.45, 7) is 2.28. The van der Waals surface area contributed by atoms with E-state index >= 15 is 0 Å². The number of carbonyl (C=O) groups excluding carboxylic acids is 2. The molecule has 1 saturated heterocycles. The van der Waals surface area contributed by atoms with E-state index in [0.717, 1.165) is 0 Å². The number of hydrogen-bond donors (Lipinski definition) is 2.